The van der Waals surface area contributed by atoms with Gasteiger partial charge in [0.1, 0.15) is 23.0 Å². The van der Waals surface area contributed by atoms with Gasteiger partial charge < -0.3 is 28.4 Å². The number of para-hydroxylation sites is 1. The Morgan fingerprint density at radius 1 is 0.237 bits per heavy atom. The highest BCUT2D eigenvalue weighted by Crippen LogP contribution is 2.54. The van der Waals surface area contributed by atoms with Crippen LogP contribution in [0.25, 0.3) is 77.2 Å². The van der Waals surface area contributed by atoms with Crippen molar-refractivity contribution in [1.29, 1.82) is 0 Å². The van der Waals surface area contributed by atoms with Gasteiger partial charge in [-0.1, -0.05) is 315 Å². The van der Waals surface area contributed by atoms with Crippen LogP contribution >= 0.6 is 0 Å². The SMILES string of the molecule is CC(C)(C)c1ccc(N2c3cc4c(cc3B3c5ccc(C(C)(C)C)cc5Oc5cc(-n6c7cc(C(C)(C)C)ccc7c7ccc(C(C)(C)C)cc76)cc2c53)B2c3ccc(C(C)(C)C)cc3Oc3cc(-n5c6cc(C(C)(C)C)ccc6c6ccc(C(C)(C)C)cc65)cc(c32)N4c2c(-c3ccccc3)cccc2-c2ccccc2)cc1. The summed E-state index contributed by atoms with van der Waals surface area (Å²) in [5.74, 6) is 3.45. The van der Waals surface area contributed by atoms with Crippen molar-refractivity contribution in [2.75, 3.05) is 9.80 Å². The molecule has 0 atom stereocenters. The minimum absolute atomic E-state index is 0.107. The Labute approximate surface area is 675 Å². The van der Waals surface area contributed by atoms with Crippen LogP contribution < -0.4 is 52.1 Å². The van der Waals surface area contributed by atoms with E-state index in [4.69, 9.17) is 9.47 Å². The fraction of sp³-hybridized carbons (Fsp3) is 0.264. The predicted molar refractivity (Wildman–Crippen MR) is 489 cm³/mol. The maximum Gasteiger partial charge on any atom is 0.256 e. The molecule has 19 rings (SSSR count). The molecule has 0 saturated carbocycles. The van der Waals surface area contributed by atoms with Crippen molar-refractivity contribution in [3.8, 4) is 56.6 Å². The van der Waals surface area contributed by atoms with Crippen LogP contribution in [0.1, 0.15) is 184 Å². The maximum absolute atomic E-state index is 7.90. The molecule has 8 heteroatoms. The zero-order valence-electron chi connectivity index (χ0n) is 70.4. The summed E-state index contributed by atoms with van der Waals surface area (Å²) in [4.78, 5) is 5.31. The predicted octanol–water partition coefficient (Wildman–Crippen LogP) is 25.1. The van der Waals surface area contributed by atoms with Gasteiger partial charge in [0.2, 0.25) is 0 Å². The molecular weight excluding hydrogens is 1380 g/mol. The zero-order valence-corrected chi connectivity index (χ0v) is 70.4. The lowest BCUT2D eigenvalue weighted by molar-refractivity contribution is 0.483. The molecule has 0 spiro atoms. The molecule has 0 bridgehead atoms. The van der Waals surface area contributed by atoms with Gasteiger partial charge in [0.05, 0.1) is 39.1 Å². The van der Waals surface area contributed by atoms with Gasteiger partial charge in [-0.05, 0) is 187 Å². The molecule has 0 unspecified atom stereocenters. The molecule has 0 amide bonds. The molecule has 6 nitrogen and oxygen atoms in total. The summed E-state index contributed by atoms with van der Waals surface area (Å²) in [5.41, 5.74) is 32.5. The molecule has 0 fully saturated rings. The second-order valence-electron chi connectivity index (χ2n) is 40.3. The number of fused-ring (bicyclic) bond motifs is 14. The van der Waals surface area contributed by atoms with Gasteiger partial charge in [-0.25, -0.2) is 0 Å². The van der Waals surface area contributed by atoms with Crippen molar-refractivity contribution in [1.82, 2.24) is 9.13 Å². The highest BCUT2D eigenvalue weighted by Gasteiger charge is 2.49. The van der Waals surface area contributed by atoms with Crippen molar-refractivity contribution < 1.29 is 9.47 Å². The Kier molecular flexibility index (Phi) is 16.1. The molecule has 0 aliphatic carbocycles. The van der Waals surface area contributed by atoms with Crippen molar-refractivity contribution in [2.45, 2.75) is 183 Å². The number of aromatic nitrogens is 2. The summed E-state index contributed by atoms with van der Waals surface area (Å²) in [5, 5.41) is 4.87. The second kappa shape index (κ2) is 25.1. The molecule has 566 valence electrons. The first kappa shape index (κ1) is 73.0. The van der Waals surface area contributed by atoms with Crippen LogP contribution in [-0.4, -0.2) is 22.6 Å². The van der Waals surface area contributed by atoms with Crippen molar-refractivity contribution in [2.24, 2.45) is 0 Å². The first-order valence-corrected chi connectivity index (χ1v) is 41.3. The summed E-state index contributed by atoms with van der Waals surface area (Å²) < 4.78 is 20.8. The first-order chi connectivity index (χ1) is 53.9. The molecule has 114 heavy (non-hydrogen) atoms. The smallest absolute Gasteiger partial charge is 0.256 e. The van der Waals surface area contributed by atoms with Crippen LogP contribution in [0.2, 0.25) is 0 Å². The van der Waals surface area contributed by atoms with Crippen molar-refractivity contribution in [3.63, 3.8) is 0 Å². The van der Waals surface area contributed by atoms with E-state index in [1.807, 2.05) is 0 Å². The van der Waals surface area contributed by atoms with Crippen LogP contribution in [-0.2, 0) is 37.9 Å². The third kappa shape index (κ3) is 11.7. The highest BCUT2D eigenvalue weighted by atomic mass is 16.5. The summed E-state index contributed by atoms with van der Waals surface area (Å²) in [6.45, 7) is 48.3. The molecule has 13 aromatic carbocycles. The van der Waals surface area contributed by atoms with E-state index in [-0.39, 0.29) is 51.3 Å². The van der Waals surface area contributed by atoms with Crippen LogP contribution in [0.4, 0.5) is 34.1 Å². The standard InChI is InChI=1S/C106H104B2N4O2/c1-100(2,3)65-35-43-72(44-36-65)109-89-62-90-84(61-83(89)107-81-49-41-70(105(16,17)18)55-93(81)113-95-59-73(57-91(109)97(95)107)110-85-51-66(101(4,5)6)37-45-77(85)78-46-38-67(52-86(78)110)102(7,8)9)108-82-50-42-71(106(19,20)21)56-94(82)114-96-60-74(111-87-53-68(103(10,11)12)39-47-79(87)80-48-40-69(54-88(80)111)104(13,14)15)58-92(98(96)108)112(90)99-75(63-29-24-22-25-30-63)33-28-34-76(99)64-31-26-23-27-32-64/h22-62H,1-21H3. The summed E-state index contributed by atoms with van der Waals surface area (Å²) in [7, 11) is 0. The average molecular weight is 1490 g/mol. The quantitative estimate of drug-likeness (QED) is 0.155. The Bertz CT molecular complexity index is 6320. The Morgan fingerprint density at radius 3 is 0.921 bits per heavy atom. The molecule has 15 aromatic rings. The minimum atomic E-state index is -0.294. The highest BCUT2D eigenvalue weighted by molar-refractivity contribution is 7.02. The van der Waals surface area contributed by atoms with E-state index in [1.54, 1.807) is 0 Å². The topological polar surface area (TPSA) is 34.8 Å². The lowest BCUT2D eigenvalue weighted by Gasteiger charge is -2.45. The summed E-state index contributed by atoms with van der Waals surface area (Å²) in [6.07, 6.45) is 0. The molecule has 6 heterocycles. The van der Waals surface area contributed by atoms with Gasteiger partial charge in [0, 0.05) is 73.2 Å². The Balaban J connectivity index is 0.988. The van der Waals surface area contributed by atoms with E-state index in [9.17, 15) is 0 Å². The van der Waals surface area contributed by atoms with Crippen molar-refractivity contribution in [3.05, 3.63) is 288 Å². The van der Waals surface area contributed by atoms with Gasteiger partial charge in [-0.3, -0.25) is 0 Å². The molecule has 0 radical (unpaired) electrons. The zero-order chi connectivity index (χ0) is 79.7. The molecule has 4 aliphatic rings. The van der Waals surface area contributed by atoms with Crippen LogP contribution in [0, 0.1) is 0 Å². The number of hydrogen-bond donors (Lipinski definition) is 0. The number of rotatable bonds is 6. The van der Waals surface area contributed by atoms with Gasteiger partial charge in [-0.2, -0.15) is 0 Å². The third-order valence-corrected chi connectivity index (χ3v) is 25.3. The lowest BCUT2D eigenvalue weighted by Crippen LogP contribution is -2.64. The molecule has 0 N–H and O–H groups in total. The maximum atomic E-state index is 7.90. The Morgan fingerprint density at radius 2 is 0.561 bits per heavy atom. The average Bonchev–Trinajstić information content (AvgIpc) is 0.718. The van der Waals surface area contributed by atoms with E-state index in [1.165, 1.54) is 82.4 Å². The largest absolute Gasteiger partial charge is 0.458 e. The first-order valence-electron chi connectivity index (χ1n) is 41.3. The van der Waals surface area contributed by atoms with Gasteiger partial charge in [-0.15, -0.1) is 0 Å². The summed E-state index contributed by atoms with van der Waals surface area (Å²) in [6, 6.07) is 96.8. The van der Waals surface area contributed by atoms with E-state index in [0.717, 1.165) is 124 Å². The van der Waals surface area contributed by atoms with Gasteiger partial charge in [0.25, 0.3) is 13.4 Å². The van der Waals surface area contributed by atoms with Gasteiger partial charge in [0.15, 0.2) is 0 Å². The fourth-order valence-corrected chi connectivity index (χ4v) is 18.7. The number of hydrogen-bond acceptors (Lipinski definition) is 4. The molecule has 4 aliphatic heterocycles. The third-order valence-electron chi connectivity index (χ3n) is 25.3. The van der Waals surface area contributed by atoms with E-state index >= 15 is 0 Å². The number of anilines is 6. The lowest BCUT2D eigenvalue weighted by atomic mass is 9.30. The van der Waals surface area contributed by atoms with Gasteiger partial charge >= 0.3 is 0 Å². The Hall–Kier alpha value is -11.2. The van der Waals surface area contributed by atoms with E-state index in [2.05, 4.69) is 413 Å². The molecule has 2 aromatic heterocycles. The monoisotopic (exact) mass is 1490 g/mol. The normalized spacial score (nSPS) is 14.1. The van der Waals surface area contributed by atoms with E-state index < -0.39 is 0 Å². The van der Waals surface area contributed by atoms with Crippen LogP contribution in [0.5, 0.6) is 23.0 Å². The number of nitrogens with zero attached hydrogens (tertiary/aromatic N) is 4. The number of benzene rings is 13. The second-order valence-corrected chi connectivity index (χ2v) is 40.3. The molecule has 0 saturated heterocycles. The minimum Gasteiger partial charge on any atom is -0.458 e. The van der Waals surface area contributed by atoms with Crippen LogP contribution in [0.3, 0.4) is 0 Å². The van der Waals surface area contributed by atoms with Crippen molar-refractivity contribution >= 4 is 124 Å². The summed E-state index contributed by atoms with van der Waals surface area (Å²) >= 11 is 0. The van der Waals surface area contributed by atoms with E-state index in [0.29, 0.717) is 0 Å². The fourth-order valence-electron chi connectivity index (χ4n) is 18.7. The van der Waals surface area contributed by atoms with Crippen LogP contribution in [0.15, 0.2) is 249 Å². The molecular formula is C106H104B2N4O2. The number of ether oxygens (including phenoxy) is 2.